The van der Waals surface area contributed by atoms with Crippen molar-refractivity contribution in [3.05, 3.63) is 53.5 Å². The number of nitrogens with one attached hydrogen (secondary N) is 1. The molecular weight excluding hydrogens is 370 g/mol. The van der Waals surface area contributed by atoms with E-state index >= 15 is 0 Å². The summed E-state index contributed by atoms with van der Waals surface area (Å²) in [5.41, 5.74) is 2.59. The van der Waals surface area contributed by atoms with E-state index in [9.17, 15) is 9.59 Å². The second kappa shape index (κ2) is 8.38. The van der Waals surface area contributed by atoms with Gasteiger partial charge in [-0.1, -0.05) is 12.1 Å². The topological polar surface area (TPSA) is 97.3 Å². The van der Waals surface area contributed by atoms with Gasteiger partial charge in [-0.05, 0) is 57.5 Å². The fourth-order valence-electron chi connectivity index (χ4n) is 2.83. The number of rotatable bonds is 4. The van der Waals surface area contributed by atoms with E-state index in [2.05, 4.69) is 20.5 Å². The first-order valence-corrected chi connectivity index (χ1v) is 9.43. The highest BCUT2D eigenvalue weighted by molar-refractivity contribution is 5.91. The molecule has 3 rings (SSSR count). The molecule has 0 radical (unpaired) electrons. The molecule has 0 bridgehead atoms. The number of nitrogens with zero attached hydrogens (tertiary/aromatic N) is 4. The van der Waals surface area contributed by atoms with Crippen LogP contribution >= 0.6 is 0 Å². The van der Waals surface area contributed by atoms with E-state index in [1.807, 2.05) is 52.0 Å². The summed E-state index contributed by atoms with van der Waals surface area (Å²) in [6, 6.07) is 9.03. The molecule has 0 unspecified atom stereocenters. The van der Waals surface area contributed by atoms with Crippen molar-refractivity contribution in [3.63, 3.8) is 0 Å². The summed E-state index contributed by atoms with van der Waals surface area (Å²) in [4.78, 5) is 30.3. The first kappa shape index (κ1) is 20.4. The van der Waals surface area contributed by atoms with Crippen molar-refractivity contribution in [2.24, 2.45) is 0 Å². The van der Waals surface area contributed by atoms with E-state index in [0.717, 1.165) is 11.3 Å². The maximum absolute atomic E-state index is 12.2. The highest BCUT2D eigenvalue weighted by atomic mass is 16.6. The van der Waals surface area contributed by atoms with Crippen LogP contribution in [0.5, 0.6) is 0 Å². The molecule has 0 aromatic carbocycles. The van der Waals surface area contributed by atoms with Gasteiger partial charge in [-0.25, -0.2) is 4.79 Å². The number of amides is 2. The Morgan fingerprint density at radius 1 is 1.17 bits per heavy atom. The van der Waals surface area contributed by atoms with Crippen molar-refractivity contribution in [2.75, 3.05) is 18.4 Å². The van der Waals surface area contributed by atoms with E-state index < -0.39 is 5.60 Å². The molecule has 0 aliphatic carbocycles. The van der Waals surface area contributed by atoms with Gasteiger partial charge in [0.05, 0.1) is 18.7 Å². The van der Waals surface area contributed by atoms with Crippen LogP contribution in [-0.4, -0.2) is 50.8 Å². The Balaban J connectivity index is 1.55. The fraction of sp³-hybridized carbons (Fsp3) is 0.381. The zero-order valence-electron chi connectivity index (χ0n) is 17.1. The van der Waals surface area contributed by atoms with Gasteiger partial charge in [-0.2, -0.15) is 0 Å². The Morgan fingerprint density at radius 3 is 2.62 bits per heavy atom. The van der Waals surface area contributed by atoms with Gasteiger partial charge in [0.25, 0.3) is 0 Å². The number of anilines is 1. The summed E-state index contributed by atoms with van der Waals surface area (Å²) >= 11 is 0. The summed E-state index contributed by atoms with van der Waals surface area (Å²) in [5, 5.41) is 11.0. The number of pyridine rings is 1. The standard InChI is InChI=1S/C21H25N5O3/c1-14-6-5-7-16(22-14)12-19(27)23-18-9-8-17(24-25-18)15-10-11-26(13-15)20(28)29-21(2,3)4/h5-10H,11-13H2,1-4H3,(H,23,25,27). The predicted molar refractivity (Wildman–Crippen MR) is 109 cm³/mol. The molecule has 0 fully saturated rings. The second-order valence-corrected chi connectivity index (χ2v) is 7.89. The molecule has 0 saturated heterocycles. The molecule has 8 heteroatoms. The molecule has 0 atom stereocenters. The van der Waals surface area contributed by atoms with Crippen molar-refractivity contribution >= 4 is 23.4 Å². The molecule has 2 aromatic rings. The van der Waals surface area contributed by atoms with Crippen LogP contribution in [0.15, 0.2) is 36.4 Å². The van der Waals surface area contributed by atoms with Crippen LogP contribution in [0.25, 0.3) is 5.57 Å². The van der Waals surface area contributed by atoms with Gasteiger partial charge in [-0.3, -0.25) is 9.78 Å². The zero-order valence-corrected chi connectivity index (χ0v) is 17.1. The Hall–Kier alpha value is -3.29. The predicted octanol–water partition coefficient (Wildman–Crippen LogP) is 3.00. The summed E-state index contributed by atoms with van der Waals surface area (Å²) in [6.45, 7) is 8.27. The van der Waals surface area contributed by atoms with Crippen molar-refractivity contribution in [1.82, 2.24) is 20.1 Å². The van der Waals surface area contributed by atoms with Crippen LogP contribution in [0.4, 0.5) is 10.6 Å². The second-order valence-electron chi connectivity index (χ2n) is 7.89. The summed E-state index contributed by atoms with van der Waals surface area (Å²) in [6.07, 6.45) is 1.74. The number of carbonyl (C=O) groups excluding carboxylic acids is 2. The maximum atomic E-state index is 12.2. The smallest absolute Gasteiger partial charge is 0.410 e. The number of hydrogen-bond acceptors (Lipinski definition) is 6. The van der Waals surface area contributed by atoms with Crippen molar-refractivity contribution in [2.45, 2.75) is 39.7 Å². The number of hydrogen-bond donors (Lipinski definition) is 1. The SMILES string of the molecule is Cc1cccc(CC(=O)Nc2ccc(C3=CCN(C(=O)OC(C)(C)C)C3)nn2)n1. The minimum Gasteiger partial charge on any atom is -0.444 e. The van der Waals surface area contributed by atoms with Crippen LogP contribution in [0.1, 0.15) is 37.9 Å². The Bertz CT molecular complexity index is 932. The molecule has 1 aliphatic heterocycles. The summed E-state index contributed by atoms with van der Waals surface area (Å²) in [7, 11) is 0. The maximum Gasteiger partial charge on any atom is 0.410 e. The van der Waals surface area contributed by atoms with E-state index in [0.29, 0.717) is 30.3 Å². The van der Waals surface area contributed by atoms with Crippen molar-refractivity contribution in [3.8, 4) is 0 Å². The number of ether oxygens (including phenoxy) is 1. The molecule has 1 aliphatic rings. The van der Waals surface area contributed by atoms with Crippen LogP contribution in [-0.2, 0) is 16.0 Å². The lowest BCUT2D eigenvalue weighted by Crippen LogP contribution is -2.35. The normalized spacial score (nSPS) is 13.8. The van der Waals surface area contributed by atoms with Gasteiger partial charge in [0, 0.05) is 17.9 Å². The van der Waals surface area contributed by atoms with E-state index in [1.165, 1.54) is 0 Å². The van der Waals surface area contributed by atoms with Gasteiger partial charge in [0.2, 0.25) is 5.91 Å². The van der Waals surface area contributed by atoms with Crippen LogP contribution < -0.4 is 5.32 Å². The Morgan fingerprint density at radius 2 is 1.97 bits per heavy atom. The highest BCUT2D eigenvalue weighted by Crippen LogP contribution is 2.21. The molecule has 29 heavy (non-hydrogen) atoms. The Kier molecular flexibility index (Phi) is 5.91. The zero-order chi connectivity index (χ0) is 21.0. The minimum absolute atomic E-state index is 0.168. The quantitative estimate of drug-likeness (QED) is 0.855. The number of aryl methyl sites for hydroxylation is 1. The highest BCUT2D eigenvalue weighted by Gasteiger charge is 2.26. The Labute approximate surface area is 170 Å². The van der Waals surface area contributed by atoms with E-state index in [1.54, 1.807) is 17.0 Å². The lowest BCUT2D eigenvalue weighted by Gasteiger charge is -2.24. The van der Waals surface area contributed by atoms with Gasteiger partial charge < -0.3 is 15.0 Å². The van der Waals surface area contributed by atoms with E-state index in [4.69, 9.17) is 4.74 Å². The first-order chi connectivity index (χ1) is 13.7. The lowest BCUT2D eigenvalue weighted by molar-refractivity contribution is -0.115. The monoisotopic (exact) mass is 395 g/mol. The molecular formula is C21H25N5O3. The van der Waals surface area contributed by atoms with Crippen LogP contribution in [0.2, 0.25) is 0 Å². The van der Waals surface area contributed by atoms with Gasteiger partial charge in [0.1, 0.15) is 5.60 Å². The summed E-state index contributed by atoms with van der Waals surface area (Å²) < 4.78 is 5.39. The van der Waals surface area contributed by atoms with Gasteiger partial charge >= 0.3 is 6.09 Å². The molecule has 0 spiro atoms. The number of carbonyl (C=O) groups is 2. The van der Waals surface area contributed by atoms with Gasteiger partial charge in [0.15, 0.2) is 5.82 Å². The third-order valence-corrected chi connectivity index (χ3v) is 4.12. The average Bonchev–Trinajstić information content (AvgIpc) is 3.11. The molecule has 2 amide bonds. The molecule has 152 valence electrons. The van der Waals surface area contributed by atoms with Crippen molar-refractivity contribution in [1.29, 1.82) is 0 Å². The molecule has 1 N–H and O–H groups in total. The summed E-state index contributed by atoms with van der Waals surface area (Å²) in [5.74, 6) is 0.162. The first-order valence-electron chi connectivity index (χ1n) is 9.43. The lowest BCUT2D eigenvalue weighted by atomic mass is 10.2. The largest absolute Gasteiger partial charge is 0.444 e. The molecule has 2 aromatic heterocycles. The molecule has 3 heterocycles. The van der Waals surface area contributed by atoms with Crippen LogP contribution in [0, 0.1) is 6.92 Å². The number of aromatic nitrogens is 3. The van der Waals surface area contributed by atoms with Gasteiger partial charge in [-0.15, -0.1) is 10.2 Å². The van der Waals surface area contributed by atoms with E-state index in [-0.39, 0.29) is 18.4 Å². The third kappa shape index (κ3) is 5.84. The van der Waals surface area contributed by atoms with Crippen LogP contribution in [0.3, 0.4) is 0 Å². The third-order valence-electron chi connectivity index (χ3n) is 4.12. The minimum atomic E-state index is -0.534. The molecule has 0 saturated carbocycles. The molecule has 8 nitrogen and oxygen atoms in total. The fourth-order valence-corrected chi connectivity index (χ4v) is 2.83. The van der Waals surface area contributed by atoms with Crippen molar-refractivity contribution < 1.29 is 14.3 Å². The average molecular weight is 395 g/mol.